The summed E-state index contributed by atoms with van der Waals surface area (Å²) < 4.78 is 10.5. The Morgan fingerprint density at radius 1 is 1.38 bits per heavy atom. The number of rotatable bonds is 7. The van der Waals surface area contributed by atoms with E-state index in [1.54, 1.807) is 7.11 Å². The second kappa shape index (κ2) is 7.07. The van der Waals surface area contributed by atoms with Gasteiger partial charge in [-0.25, -0.2) is 0 Å². The van der Waals surface area contributed by atoms with E-state index >= 15 is 0 Å². The van der Waals surface area contributed by atoms with Gasteiger partial charge in [-0.1, -0.05) is 0 Å². The lowest BCUT2D eigenvalue weighted by atomic mass is 9.91. The van der Waals surface area contributed by atoms with Crippen molar-refractivity contribution < 1.29 is 14.3 Å². The molecule has 2 aliphatic rings. The number of carbonyl (C=O) groups excluding carboxylic acids is 1. The predicted molar refractivity (Wildman–Crippen MR) is 82.3 cm³/mol. The van der Waals surface area contributed by atoms with E-state index in [-0.39, 0.29) is 5.97 Å². The third-order valence-corrected chi connectivity index (χ3v) is 4.81. The van der Waals surface area contributed by atoms with Crippen molar-refractivity contribution in [2.45, 2.75) is 69.7 Å². The first-order valence-electron chi connectivity index (χ1n) is 8.11. The average molecular weight is 298 g/mol. The fourth-order valence-electron chi connectivity index (χ4n) is 3.38. The Bertz CT molecular complexity index is 359. The Hall–Kier alpha value is -0.650. The summed E-state index contributed by atoms with van der Waals surface area (Å²) in [6, 6.07) is 0.813. The molecule has 0 aromatic carbocycles. The molecule has 122 valence electrons. The van der Waals surface area contributed by atoms with Crippen molar-refractivity contribution in [2.24, 2.45) is 0 Å². The fraction of sp³-hybridized carbons (Fsp3) is 0.938. The Labute approximate surface area is 128 Å². The van der Waals surface area contributed by atoms with E-state index < -0.39 is 5.54 Å². The number of esters is 1. The predicted octanol–water partition coefficient (Wildman–Crippen LogP) is 1.56. The molecule has 0 amide bonds. The molecule has 1 aliphatic heterocycles. The quantitative estimate of drug-likeness (QED) is 0.723. The van der Waals surface area contributed by atoms with Crippen LogP contribution >= 0.6 is 0 Å². The summed E-state index contributed by atoms with van der Waals surface area (Å²) in [5.41, 5.74) is -0.588. The molecule has 0 aromatic rings. The van der Waals surface area contributed by atoms with Crippen molar-refractivity contribution in [3.05, 3.63) is 0 Å². The molecular weight excluding hydrogens is 268 g/mol. The molecule has 1 N–H and O–H groups in total. The van der Waals surface area contributed by atoms with Crippen molar-refractivity contribution in [1.29, 1.82) is 0 Å². The van der Waals surface area contributed by atoms with Gasteiger partial charge in [-0.3, -0.25) is 15.0 Å². The third-order valence-electron chi connectivity index (χ3n) is 4.81. The van der Waals surface area contributed by atoms with Crippen LogP contribution in [0.4, 0.5) is 0 Å². The summed E-state index contributed by atoms with van der Waals surface area (Å²) in [6.45, 7) is 6.22. The zero-order valence-electron chi connectivity index (χ0n) is 13.9. The second-order valence-corrected chi connectivity index (χ2v) is 6.79. The summed E-state index contributed by atoms with van der Waals surface area (Å²) in [4.78, 5) is 14.6. The second-order valence-electron chi connectivity index (χ2n) is 6.79. The Morgan fingerprint density at radius 2 is 2.10 bits per heavy atom. The minimum absolute atomic E-state index is 0.151. The van der Waals surface area contributed by atoms with Crippen LogP contribution < -0.4 is 5.32 Å². The highest BCUT2D eigenvalue weighted by Gasteiger charge is 2.41. The molecule has 0 radical (unpaired) electrons. The lowest BCUT2D eigenvalue weighted by Gasteiger charge is -2.39. The number of methoxy groups -OCH3 is 2. The summed E-state index contributed by atoms with van der Waals surface area (Å²) in [7, 11) is 3.26. The van der Waals surface area contributed by atoms with Crippen LogP contribution in [0.2, 0.25) is 0 Å². The molecule has 0 aromatic heterocycles. The molecule has 1 heterocycles. The van der Waals surface area contributed by atoms with Crippen LogP contribution in [0.15, 0.2) is 0 Å². The smallest absolute Gasteiger partial charge is 0.325 e. The van der Waals surface area contributed by atoms with E-state index in [0.717, 1.165) is 45.2 Å². The highest BCUT2D eigenvalue weighted by molar-refractivity contribution is 5.80. The van der Waals surface area contributed by atoms with Gasteiger partial charge in [0.15, 0.2) is 0 Å². The number of hydrogen-bond donors (Lipinski definition) is 1. The van der Waals surface area contributed by atoms with E-state index in [0.29, 0.717) is 18.2 Å². The lowest BCUT2D eigenvalue weighted by molar-refractivity contribution is -0.149. The molecule has 0 bridgehead atoms. The van der Waals surface area contributed by atoms with E-state index in [1.165, 1.54) is 7.11 Å². The van der Waals surface area contributed by atoms with Gasteiger partial charge >= 0.3 is 5.97 Å². The first-order valence-corrected chi connectivity index (χ1v) is 8.11. The van der Waals surface area contributed by atoms with E-state index in [9.17, 15) is 4.79 Å². The van der Waals surface area contributed by atoms with Crippen LogP contribution in [0.5, 0.6) is 0 Å². The van der Waals surface area contributed by atoms with Gasteiger partial charge in [0, 0.05) is 25.7 Å². The largest absolute Gasteiger partial charge is 0.468 e. The summed E-state index contributed by atoms with van der Waals surface area (Å²) >= 11 is 0. The molecule has 3 atom stereocenters. The van der Waals surface area contributed by atoms with Gasteiger partial charge in [-0.15, -0.1) is 0 Å². The van der Waals surface area contributed by atoms with Crippen molar-refractivity contribution in [3.8, 4) is 0 Å². The third kappa shape index (κ3) is 4.41. The van der Waals surface area contributed by atoms with Gasteiger partial charge in [0.25, 0.3) is 0 Å². The fourth-order valence-corrected chi connectivity index (χ4v) is 3.38. The Kier molecular flexibility index (Phi) is 5.63. The van der Waals surface area contributed by atoms with Gasteiger partial charge in [-0.2, -0.15) is 0 Å². The number of nitrogens with one attached hydrogen (secondary N) is 1. The molecule has 21 heavy (non-hydrogen) atoms. The maximum atomic E-state index is 12.2. The lowest BCUT2D eigenvalue weighted by Crippen LogP contribution is -2.56. The van der Waals surface area contributed by atoms with Gasteiger partial charge in [0.1, 0.15) is 5.54 Å². The number of piperidine rings is 1. The van der Waals surface area contributed by atoms with E-state index in [2.05, 4.69) is 17.1 Å². The van der Waals surface area contributed by atoms with Crippen molar-refractivity contribution >= 4 is 5.97 Å². The van der Waals surface area contributed by atoms with Gasteiger partial charge < -0.3 is 9.47 Å². The standard InChI is InChI=1S/C16H30N2O3/c1-12(18-9-5-6-14(11-18)20-3)10-16(2,15(19)21-4)17-13-7-8-13/h12-14,17H,5-11H2,1-4H3. The van der Waals surface area contributed by atoms with Crippen LogP contribution in [0, 0.1) is 0 Å². The molecule has 1 saturated heterocycles. The molecule has 2 fully saturated rings. The maximum Gasteiger partial charge on any atom is 0.325 e. The van der Waals surface area contributed by atoms with Gasteiger partial charge in [0.2, 0.25) is 0 Å². The van der Waals surface area contributed by atoms with Crippen LogP contribution in [0.25, 0.3) is 0 Å². The molecule has 3 unspecified atom stereocenters. The zero-order valence-corrected chi connectivity index (χ0v) is 13.9. The number of carbonyl (C=O) groups is 1. The van der Waals surface area contributed by atoms with Crippen molar-refractivity contribution in [1.82, 2.24) is 10.2 Å². The zero-order chi connectivity index (χ0) is 15.5. The Morgan fingerprint density at radius 3 is 2.67 bits per heavy atom. The number of likely N-dealkylation sites (tertiary alicyclic amines) is 1. The molecule has 5 nitrogen and oxygen atoms in total. The topological polar surface area (TPSA) is 50.8 Å². The molecule has 5 heteroatoms. The molecule has 0 spiro atoms. The summed E-state index contributed by atoms with van der Waals surface area (Å²) in [5, 5.41) is 3.48. The van der Waals surface area contributed by atoms with Crippen LogP contribution in [-0.2, 0) is 14.3 Å². The first kappa shape index (κ1) is 16.7. The molecular formula is C16H30N2O3. The first-order chi connectivity index (χ1) is 9.98. The summed E-state index contributed by atoms with van der Waals surface area (Å²) in [5.74, 6) is -0.151. The van der Waals surface area contributed by atoms with Crippen LogP contribution in [0.1, 0.15) is 46.0 Å². The number of nitrogens with zero attached hydrogens (tertiary/aromatic N) is 1. The Balaban J connectivity index is 1.96. The highest BCUT2D eigenvalue weighted by atomic mass is 16.5. The number of hydrogen-bond acceptors (Lipinski definition) is 5. The van der Waals surface area contributed by atoms with Crippen molar-refractivity contribution in [3.63, 3.8) is 0 Å². The van der Waals surface area contributed by atoms with Gasteiger partial charge in [-0.05, 0) is 52.5 Å². The molecule has 1 aliphatic carbocycles. The van der Waals surface area contributed by atoms with Gasteiger partial charge in [0.05, 0.1) is 13.2 Å². The molecule has 1 saturated carbocycles. The van der Waals surface area contributed by atoms with Crippen molar-refractivity contribution in [2.75, 3.05) is 27.3 Å². The monoisotopic (exact) mass is 298 g/mol. The minimum atomic E-state index is -0.588. The maximum absolute atomic E-state index is 12.2. The summed E-state index contributed by atoms with van der Waals surface area (Å²) in [6.07, 6.45) is 5.71. The number of ether oxygens (including phenoxy) is 2. The minimum Gasteiger partial charge on any atom is -0.468 e. The van der Waals surface area contributed by atoms with Crippen LogP contribution in [0.3, 0.4) is 0 Å². The van der Waals surface area contributed by atoms with E-state index in [1.807, 2.05) is 6.92 Å². The SMILES string of the molecule is COC(=O)C(C)(CC(C)N1CCCC(OC)C1)NC1CC1. The van der Waals surface area contributed by atoms with Crippen LogP contribution in [-0.4, -0.2) is 61.9 Å². The average Bonchev–Trinajstić information content (AvgIpc) is 3.29. The highest BCUT2D eigenvalue weighted by Crippen LogP contribution is 2.27. The van der Waals surface area contributed by atoms with E-state index in [4.69, 9.17) is 9.47 Å². The normalized spacial score (nSPS) is 27.9. The molecule has 2 rings (SSSR count).